The van der Waals surface area contributed by atoms with Gasteiger partial charge in [0, 0.05) is 32.7 Å². The average molecular weight is 296 g/mol. The molecule has 0 saturated heterocycles. The van der Waals surface area contributed by atoms with E-state index in [1.54, 1.807) is 20.4 Å². The minimum atomic E-state index is 0.573. The summed E-state index contributed by atoms with van der Waals surface area (Å²) in [7, 11) is 3.29. The van der Waals surface area contributed by atoms with Crippen molar-refractivity contribution in [2.45, 2.75) is 6.42 Å². The van der Waals surface area contributed by atoms with E-state index in [-0.39, 0.29) is 0 Å². The zero-order valence-electron chi connectivity index (χ0n) is 11.6. The molecule has 0 unspecified atom stereocenters. The fourth-order valence-electron chi connectivity index (χ4n) is 1.86. The van der Waals surface area contributed by atoms with Gasteiger partial charge in [-0.15, -0.1) is 0 Å². The zero-order chi connectivity index (χ0) is 14.4. The predicted octanol–water partition coefficient (Wildman–Crippen LogP) is 2.98. The third kappa shape index (κ3) is 3.43. The molecule has 108 valence electrons. The number of anilines is 1. The number of hydrogen-bond donors (Lipinski definition) is 1. The topological polar surface area (TPSA) is 48.3 Å². The highest BCUT2D eigenvalue weighted by Crippen LogP contribution is 2.27. The van der Waals surface area contributed by atoms with Gasteiger partial charge in [-0.1, -0.05) is 11.6 Å². The lowest BCUT2D eigenvalue weighted by Gasteiger charge is -2.11. The SMILES string of the molecule is COCCCNc1nccn1-c1ccc(OC)c(Cl)c1. The van der Waals surface area contributed by atoms with E-state index in [9.17, 15) is 0 Å². The predicted molar refractivity (Wildman–Crippen MR) is 80.1 cm³/mol. The molecule has 2 aromatic rings. The van der Waals surface area contributed by atoms with Crippen molar-refractivity contribution in [3.8, 4) is 11.4 Å². The summed E-state index contributed by atoms with van der Waals surface area (Å²) in [4.78, 5) is 4.30. The van der Waals surface area contributed by atoms with Crippen molar-refractivity contribution in [2.24, 2.45) is 0 Å². The molecule has 0 fully saturated rings. The highest BCUT2D eigenvalue weighted by Gasteiger charge is 2.07. The van der Waals surface area contributed by atoms with Crippen LogP contribution in [0.15, 0.2) is 30.6 Å². The molecule has 0 aliphatic rings. The number of nitrogens with one attached hydrogen (secondary N) is 1. The van der Waals surface area contributed by atoms with Gasteiger partial charge in [-0.25, -0.2) is 4.98 Å². The normalized spacial score (nSPS) is 10.6. The van der Waals surface area contributed by atoms with Crippen LogP contribution in [-0.2, 0) is 4.74 Å². The minimum absolute atomic E-state index is 0.573. The van der Waals surface area contributed by atoms with Gasteiger partial charge >= 0.3 is 0 Å². The number of imidazole rings is 1. The van der Waals surface area contributed by atoms with Crippen molar-refractivity contribution in [1.29, 1.82) is 0 Å². The van der Waals surface area contributed by atoms with Crippen LogP contribution in [0.5, 0.6) is 5.75 Å². The van der Waals surface area contributed by atoms with E-state index in [4.69, 9.17) is 21.1 Å². The molecule has 0 aliphatic carbocycles. The highest BCUT2D eigenvalue weighted by atomic mass is 35.5. The van der Waals surface area contributed by atoms with E-state index >= 15 is 0 Å². The Bertz CT molecular complexity index is 557. The van der Waals surface area contributed by atoms with Crippen molar-refractivity contribution >= 4 is 17.5 Å². The lowest BCUT2D eigenvalue weighted by molar-refractivity contribution is 0.197. The summed E-state index contributed by atoms with van der Waals surface area (Å²) in [6.45, 7) is 1.52. The van der Waals surface area contributed by atoms with Crippen LogP contribution in [0, 0.1) is 0 Å². The fourth-order valence-corrected chi connectivity index (χ4v) is 2.12. The molecule has 0 atom stereocenters. The quantitative estimate of drug-likeness (QED) is 0.798. The van der Waals surface area contributed by atoms with Crippen molar-refractivity contribution in [3.05, 3.63) is 35.6 Å². The second-order valence-corrected chi connectivity index (χ2v) is 4.62. The Morgan fingerprint density at radius 2 is 2.20 bits per heavy atom. The summed E-state index contributed by atoms with van der Waals surface area (Å²) in [5.74, 6) is 1.44. The molecular weight excluding hydrogens is 278 g/mol. The second-order valence-electron chi connectivity index (χ2n) is 4.21. The molecule has 0 saturated carbocycles. The maximum atomic E-state index is 6.15. The molecule has 0 radical (unpaired) electrons. The van der Waals surface area contributed by atoms with Crippen molar-refractivity contribution in [3.63, 3.8) is 0 Å². The van der Waals surface area contributed by atoms with Gasteiger partial charge in [-0.2, -0.15) is 0 Å². The van der Waals surface area contributed by atoms with E-state index in [0.717, 1.165) is 31.2 Å². The van der Waals surface area contributed by atoms with Crippen LogP contribution in [0.25, 0.3) is 5.69 Å². The average Bonchev–Trinajstić information content (AvgIpc) is 2.92. The Kier molecular flexibility index (Phi) is 5.26. The van der Waals surface area contributed by atoms with E-state index < -0.39 is 0 Å². The summed E-state index contributed by atoms with van der Waals surface area (Å²) in [6, 6.07) is 5.63. The van der Waals surface area contributed by atoms with Crippen molar-refractivity contribution < 1.29 is 9.47 Å². The first kappa shape index (κ1) is 14.7. The fraction of sp³-hybridized carbons (Fsp3) is 0.357. The van der Waals surface area contributed by atoms with Gasteiger partial charge in [-0.05, 0) is 24.6 Å². The number of aromatic nitrogens is 2. The number of halogens is 1. The molecule has 20 heavy (non-hydrogen) atoms. The zero-order valence-corrected chi connectivity index (χ0v) is 12.4. The van der Waals surface area contributed by atoms with E-state index in [1.807, 2.05) is 29.0 Å². The Hall–Kier alpha value is -1.72. The molecule has 0 bridgehead atoms. The molecule has 6 heteroatoms. The van der Waals surface area contributed by atoms with E-state index in [2.05, 4.69) is 10.3 Å². The van der Waals surface area contributed by atoms with Gasteiger partial charge in [-0.3, -0.25) is 4.57 Å². The molecule has 5 nitrogen and oxygen atoms in total. The summed E-state index contributed by atoms with van der Waals surface area (Å²) in [6.07, 6.45) is 4.56. The summed E-state index contributed by atoms with van der Waals surface area (Å²) < 4.78 is 12.1. The van der Waals surface area contributed by atoms with Gasteiger partial charge in [0.1, 0.15) is 5.75 Å². The van der Waals surface area contributed by atoms with E-state index in [0.29, 0.717) is 10.8 Å². The number of hydrogen-bond acceptors (Lipinski definition) is 4. The Balaban J connectivity index is 2.13. The molecule has 0 spiro atoms. The van der Waals surface area contributed by atoms with Crippen molar-refractivity contribution in [1.82, 2.24) is 9.55 Å². The highest BCUT2D eigenvalue weighted by molar-refractivity contribution is 6.32. The summed E-state index contributed by atoms with van der Waals surface area (Å²) in [5, 5.41) is 3.85. The van der Waals surface area contributed by atoms with Crippen LogP contribution in [0.4, 0.5) is 5.95 Å². The molecule has 1 aromatic carbocycles. The number of ether oxygens (including phenoxy) is 2. The molecule has 1 aromatic heterocycles. The second kappa shape index (κ2) is 7.17. The van der Waals surface area contributed by atoms with Crippen molar-refractivity contribution in [2.75, 3.05) is 32.7 Å². The smallest absolute Gasteiger partial charge is 0.207 e. The molecule has 2 rings (SSSR count). The Morgan fingerprint density at radius 3 is 2.90 bits per heavy atom. The van der Waals surface area contributed by atoms with Gasteiger partial charge in [0.2, 0.25) is 5.95 Å². The number of rotatable bonds is 7. The minimum Gasteiger partial charge on any atom is -0.495 e. The van der Waals surface area contributed by atoms with Gasteiger partial charge < -0.3 is 14.8 Å². The molecule has 0 amide bonds. The maximum Gasteiger partial charge on any atom is 0.207 e. The summed E-state index contributed by atoms with van der Waals surface area (Å²) in [5.41, 5.74) is 0.933. The third-order valence-corrected chi connectivity index (χ3v) is 3.16. The Morgan fingerprint density at radius 1 is 1.35 bits per heavy atom. The summed E-state index contributed by atoms with van der Waals surface area (Å²) >= 11 is 6.15. The van der Waals surface area contributed by atoms with Gasteiger partial charge in [0.05, 0.1) is 17.8 Å². The lowest BCUT2D eigenvalue weighted by Crippen LogP contribution is -2.09. The van der Waals surface area contributed by atoms with E-state index in [1.165, 1.54) is 0 Å². The van der Waals surface area contributed by atoms with Crippen LogP contribution >= 0.6 is 11.6 Å². The maximum absolute atomic E-state index is 6.15. The van der Waals surface area contributed by atoms with Crippen LogP contribution in [0.2, 0.25) is 5.02 Å². The largest absolute Gasteiger partial charge is 0.495 e. The van der Waals surface area contributed by atoms with Crippen LogP contribution < -0.4 is 10.1 Å². The molecule has 1 heterocycles. The molecule has 1 N–H and O–H groups in total. The first-order chi connectivity index (χ1) is 9.76. The monoisotopic (exact) mass is 295 g/mol. The third-order valence-electron chi connectivity index (χ3n) is 2.86. The lowest BCUT2D eigenvalue weighted by atomic mass is 10.3. The first-order valence-electron chi connectivity index (χ1n) is 6.36. The molecule has 0 aliphatic heterocycles. The standard InChI is InChI=1S/C14H18ClN3O2/c1-19-9-3-6-16-14-17-7-8-18(14)11-4-5-13(20-2)12(15)10-11/h4-5,7-8,10H,3,6,9H2,1-2H3,(H,16,17). The number of nitrogens with zero attached hydrogens (tertiary/aromatic N) is 2. The number of methoxy groups -OCH3 is 2. The van der Waals surface area contributed by atoms with Crippen LogP contribution in [0.1, 0.15) is 6.42 Å². The van der Waals surface area contributed by atoms with Crippen LogP contribution in [0.3, 0.4) is 0 Å². The van der Waals surface area contributed by atoms with Gasteiger partial charge in [0.15, 0.2) is 0 Å². The Labute approximate surface area is 123 Å². The molecular formula is C14H18ClN3O2. The number of benzene rings is 1. The van der Waals surface area contributed by atoms with Crippen LogP contribution in [-0.4, -0.2) is 36.9 Å². The first-order valence-corrected chi connectivity index (χ1v) is 6.74. The van der Waals surface area contributed by atoms with Gasteiger partial charge in [0.25, 0.3) is 0 Å².